The highest BCUT2D eigenvalue weighted by atomic mass is 32.1. The molecule has 27 heavy (non-hydrogen) atoms. The van der Waals surface area contributed by atoms with E-state index in [4.69, 9.17) is 10.5 Å². The van der Waals surface area contributed by atoms with Gasteiger partial charge in [-0.25, -0.2) is 0 Å². The summed E-state index contributed by atoms with van der Waals surface area (Å²) in [4.78, 5) is 27.6. The lowest BCUT2D eigenvalue weighted by molar-refractivity contribution is 0.0680. The van der Waals surface area contributed by atoms with Crippen LogP contribution in [-0.4, -0.2) is 49.0 Å². The molecule has 3 rings (SSSR count). The first-order valence-electron chi connectivity index (χ1n) is 9.24. The molecule has 2 heterocycles. The van der Waals surface area contributed by atoms with Crippen molar-refractivity contribution in [1.29, 1.82) is 0 Å². The average molecular weight is 388 g/mol. The molecule has 1 fully saturated rings. The maximum absolute atomic E-state index is 12.5. The number of nitrogens with zero attached hydrogens (tertiary/aromatic N) is 1. The Hall–Kier alpha value is -2.38. The summed E-state index contributed by atoms with van der Waals surface area (Å²) in [6.07, 6.45) is 2.56. The van der Waals surface area contributed by atoms with Crippen LogP contribution in [0.3, 0.4) is 0 Å². The van der Waals surface area contributed by atoms with Crippen molar-refractivity contribution < 1.29 is 14.3 Å². The Morgan fingerprint density at radius 3 is 2.78 bits per heavy atom. The molecule has 0 bridgehead atoms. The van der Waals surface area contributed by atoms with Gasteiger partial charge in [0.1, 0.15) is 5.75 Å². The van der Waals surface area contributed by atoms with Crippen molar-refractivity contribution in [3.05, 3.63) is 52.2 Å². The van der Waals surface area contributed by atoms with Crippen LogP contribution >= 0.6 is 11.3 Å². The highest BCUT2D eigenvalue weighted by Crippen LogP contribution is 2.18. The third kappa shape index (κ3) is 5.30. The molecule has 2 aromatic rings. The van der Waals surface area contributed by atoms with Gasteiger partial charge < -0.3 is 20.7 Å². The zero-order valence-corrected chi connectivity index (χ0v) is 16.0. The molecule has 0 radical (unpaired) electrons. The van der Waals surface area contributed by atoms with Crippen molar-refractivity contribution >= 4 is 23.2 Å². The molecule has 6 nitrogen and oxygen atoms in total. The number of carbonyl (C=O) groups excluding carboxylic acids is 2. The van der Waals surface area contributed by atoms with Gasteiger partial charge in [0.2, 0.25) is 0 Å². The van der Waals surface area contributed by atoms with Crippen LogP contribution in [0.25, 0.3) is 0 Å². The molecule has 0 spiro atoms. The fraction of sp³-hybridized carbons (Fsp3) is 0.400. The molecule has 1 aromatic heterocycles. The number of hydrogen-bond acceptors (Lipinski definition) is 5. The van der Waals surface area contributed by atoms with Crippen molar-refractivity contribution in [3.8, 4) is 5.75 Å². The maximum atomic E-state index is 12.5. The van der Waals surface area contributed by atoms with Gasteiger partial charge >= 0.3 is 0 Å². The number of hydrogen-bond donors (Lipinski definition) is 2. The molecule has 1 atom stereocenters. The first kappa shape index (κ1) is 19.4. The summed E-state index contributed by atoms with van der Waals surface area (Å²) in [5.74, 6) is 0.646. The second kappa shape index (κ2) is 9.53. The molecule has 1 aromatic carbocycles. The quantitative estimate of drug-likeness (QED) is 0.715. The summed E-state index contributed by atoms with van der Waals surface area (Å²) < 4.78 is 5.55. The van der Waals surface area contributed by atoms with Gasteiger partial charge in [0.15, 0.2) is 0 Å². The monoisotopic (exact) mass is 387 g/mol. The molecule has 0 aliphatic carbocycles. The number of likely N-dealkylation sites (tertiary alicyclic amines) is 1. The highest BCUT2D eigenvalue weighted by molar-refractivity contribution is 7.12. The SMILES string of the molecule is NCCCOc1ccc(C(=O)NC2CCCN(C(=O)c3cccs3)C2)cc1. The fourth-order valence-electron chi connectivity index (χ4n) is 3.08. The smallest absolute Gasteiger partial charge is 0.263 e. The number of amides is 2. The molecule has 1 saturated heterocycles. The molecule has 144 valence electrons. The van der Waals surface area contributed by atoms with E-state index in [1.54, 1.807) is 24.3 Å². The largest absolute Gasteiger partial charge is 0.494 e. The molecule has 3 N–H and O–H groups in total. The predicted octanol–water partition coefficient (Wildman–Crippen LogP) is 2.51. The number of benzene rings is 1. The first-order valence-corrected chi connectivity index (χ1v) is 10.1. The summed E-state index contributed by atoms with van der Waals surface area (Å²) in [6.45, 7) is 2.44. The van der Waals surface area contributed by atoms with Crippen LogP contribution in [0.1, 0.15) is 39.3 Å². The van der Waals surface area contributed by atoms with E-state index in [1.165, 1.54) is 11.3 Å². The third-order valence-electron chi connectivity index (χ3n) is 4.51. The van der Waals surface area contributed by atoms with E-state index < -0.39 is 0 Å². The number of carbonyl (C=O) groups is 2. The first-order chi connectivity index (χ1) is 13.2. The van der Waals surface area contributed by atoms with Gasteiger partial charge in [-0.15, -0.1) is 11.3 Å². The highest BCUT2D eigenvalue weighted by Gasteiger charge is 2.26. The van der Waals surface area contributed by atoms with Crippen LogP contribution in [0.15, 0.2) is 41.8 Å². The lowest BCUT2D eigenvalue weighted by atomic mass is 10.0. The molecular weight excluding hydrogens is 362 g/mol. The van der Waals surface area contributed by atoms with Crippen LogP contribution in [-0.2, 0) is 0 Å². The molecule has 0 saturated carbocycles. The lowest BCUT2D eigenvalue weighted by Crippen LogP contribution is -2.49. The molecule has 7 heteroatoms. The van der Waals surface area contributed by atoms with Gasteiger partial charge in [0, 0.05) is 24.7 Å². The Morgan fingerprint density at radius 1 is 1.26 bits per heavy atom. The predicted molar refractivity (Wildman–Crippen MR) is 106 cm³/mol. The van der Waals surface area contributed by atoms with E-state index in [0.717, 1.165) is 36.4 Å². The minimum absolute atomic E-state index is 0.0318. The Kier molecular flexibility index (Phi) is 6.84. The number of piperidine rings is 1. The van der Waals surface area contributed by atoms with E-state index in [0.29, 0.717) is 25.3 Å². The van der Waals surface area contributed by atoms with E-state index in [2.05, 4.69) is 5.32 Å². The third-order valence-corrected chi connectivity index (χ3v) is 5.37. The van der Waals surface area contributed by atoms with E-state index in [1.807, 2.05) is 22.4 Å². The van der Waals surface area contributed by atoms with Crippen LogP contribution in [0.2, 0.25) is 0 Å². The van der Waals surface area contributed by atoms with E-state index >= 15 is 0 Å². The minimum atomic E-state index is -0.126. The van der Waals surface area contributed by atoms with Crippen molar-refractivity contribution in [2.75, 3.05) is 26.2 Å². The molecular formula is C20H25N3O3S. The van der Waals surface area contributed by atoms with E-state index in [-0.39, 0.29) is 17.9 Å². The summed E-state index contributed by atoms with van der Waals surface area (Å²) >= 11 is 1.45. The van der Waals surface area contributed by atoms with Crippen LogP contribution in [0.5, 0.6) is 5.75 Å². The van der Waals surface area contributed by atoms with Gasteiger partial charge in [-0.1, -0.05) is 6.07 Å². The van der Waals surface area contributed by atoms with Crippen LogP contribution in [0.4, 0.5) is 0 Å². The molecule has 1 aliphatic heterocycles. The van der Waals surface area contributed by atoms with Crippen molar-refractivity contribution in [1.82, 2.24) is 10.2 Å². The fourth-order valence-corrected chi connectivity index (χ4v) is 3.77. The molecule has 1 aliphatic rings. The lowest BCUT2D eigenvalue weighted by Gasteiger charge is -2.33. The summed E-state index contributed by atoms with van der Waals surface area (Å²) in [5.41, 5.74) is 6.03. The van der Waals surface area contributed by atoms with Gasteiger partial charge in [-0.3, -0.25) is 9.59 Å². The minimum Gasteiger partial charge on any atom is -0.494 e. The number of rotatable bonds is 7. The summed E-state index contributed by atoms with van der Waals surface area (Å²) in [5, 5.41) is 4.95. The van der Waals surface area contributed by atoms with E-state index in [9.17, 15) is 9.59 Å². The normalized spacial score (nSPS) is 16.8. The summed E-state index contributed by atoms with van der Waals surface area (Å²) in [7, 11) is 0. The van der Waals surface area contributed by atoms with Crippen molar-refractivity contribution in [3.63, 3.8) is 0 Å². The molecule has 1 unspecified atom stereocenters. The van der Waals surface area contributed by atoms with Crippen LogP contribution in [0, 0.1) is 0 Å². The Bertz CT molecular complexity index is 746. The zero-order valence-electron chi connectivity index (χ0n) is 15.2. The number of nitrogens with one attached hydrogen (secondary N) is 1. The van der Waals surface area contributed by atoms with Gasteiger partial charge in [0.25, 0.3) is 11.8 Å². The Labute approximate surface area is 163 Å². The Morgan fingerprint density at radius 2 is 2.07 bits per heavy atom. The topological polar surface area (TPSA) is 84.7 Å². The van der Waals surface area contributed by atoms with Gasteiger partial charge in [-0.05, 0) is 61.5 Å². The maximum Gasteiger partial charge on any atom is 0.263 e. The summed E-state index contributed by atoms with van der Waals surface area (Å²) in [6, 6.07) is 10.8. The van der Waals surface area contributed by atoms with Gasteiger partial charge in [-0.2, -0.15) is 0 Å². The van der Waals surface area contributed by atoms with Crippen molar-refractivity contribution in [2.45, 2.75) is 25.3 Å². The standard InChI is InChI=1S/C20H25N3O3S/c21-10-3-12-26-17-8-6-15(7-9-17)19(24)22-16-4-1-11-23(14-16)20(25)18-5-2-13-27-18/h2,5-9,13,16H,1,3-4,10-12,14,21H2,(H,22,24). The number of nitrogens with two attached hydrogens (primary N) is 1. The second-order valence-electron chi connectivity index (χ2n) is 6.56. The number of ether oxygens (including phenoxy) is 1. The Balaban J connectivity index is 1.53. The second-order valence-corrected chi connectivity index (χ2v) is 7.50. The average Bonchev–Trinajstić information content (AvgIpc) is 3.23. The molecule has 2 amide bonds. The zero-order chi connectivity index (χ0) is 19.1. The van der Waals surface area contributed by atoms with Gasteiger partial charge in [0.05, 0.1) is 11.5 Å². The number of thiophene rings is 1. The van der Waals surface area contributed by atoms with Crippen LogP contribution < -0.4 is 15.8 Å². The van der Waals surface area contributed by atoms with Crippen molar-refractivity contribution in [2.24, 2.45) is 5.73 Å².